The summed E-state index contributed by atoms with van der Waals surface area (Å²) in [6.07, 6.45) is -4.91. The summed E-state index contributed by atoms with van der Waals surface area (Å²) in [5.74, 6) is -0.908. The Morgan fingerprint density at radius 1 is 1.14 bits per heavy atom. The Morgan fingerprint density at radius 3 is 2.54 bits per heavy atom. The van der Waals surface area contributed by atoms with Crippen molar-refractivity contribution in [1.82, 2.24) is 19.8 Å². The molecule has 9 nitrogen and oxygen atoms in total. The van der Waals surface area contributed by atoms with Crippen LogP contribution in [0, 0.1) is 5.82 Å². The number of amidine groups is 1. The zero-order chi connectivity index (χ0) is 20.1. The maximum absolute atomic E-state index is 13.8. The van der Waals surface area contributed by atoms with Gasteiger partial charge in [0.2, 0.25) is 0 Å². The van der Waals surface area contributed by atoms with Crippen LogP contribution in [0.5, 0.6) is 0 Å². The number of hydrazone groups is 1. The first-order valence-corrected chi connectivity index (χ1v) is 7.91. The van der Waals surface area contributed by atoms with Gasteiger partial charge in [0.25, 0.3) is 11.7 Å². The van der Waals surface area contributed by atoms with Crippen LogP contribution in [0.1, 0.15) is 17.8 Å². The van der Waals surface area contributed by atoms with Gasteiger partial charge in [-0.2, -0.15) is 33.1 Å². The van der Waals surface area contributed by atoms with E-state index in [2.05, 4.69) is 25.4 Å². The molecule has 0 amide bonds. The van der Waals surface area contributed by atoms with Crippen LogP contribution in [-0.2, 0) is 6.42 Å². The third kappa shape index (κ3) is 2.79. The van der Waals surface area contributed by atoms with Crippen LogP contribution in [0.3, 0.4) is 0 Å². The molecule has 2 aliphatic rings. The van der Waals surface area contributed by atoms with Crippen molar-refractivity contribution in [2.24, 2.45) is 21.0 Å². The normalized spacial score (nSPS) is 22.3. The third-order valence-electron chi connectivity index (χ3n) is 4.22. The van der Waals surface area contributed by atoms with Crippen LogP contribution in [0.15, 0.2) is 45.9 Å². The van der Waals surface area contributed by atoms with Crippen molar-refractivity contribution in [3.8, 4) is 0 Å². The number of aromatic nitrogens is 3. The lowest BCUT2D eigenvalue weighted by Gasteiger charge is -2.33. The van der Waals surface area contributed by atoms with Crippen molar-refractivity contribution in [1.29, 1.82) is 0 Å². The molecule has 13 heteroatoms. The van der Waals surface area contributed by atoms with Crippen molar-refractivity contribution >= 4 is 17.5 Å². The molecule has 4 rings (SSSR count). The van der Waals surface area contributed by atoms with Crippen LogP contribution in [0.25, 0.3) is 0 Å². The standard InChI is InChI=1S/C15H12F4N8O/c16-9-3-1-8(2-4-9)10-6-14(28,15(17,18)19)27(25-10)13-24-23-11(20)5-12-21-7-22-26(12)13/h1-4,7,28H,5-6H2,(H2,20,23). The third-order valence-corrected chi connectivity index (χ3v) is 4.22. The van der Waals surface area contributed by atoms with Crippen LogP contribution in [0.2, 0.25) is 0 Å². The molecule has 2 aliphatic heterocycles. The smallest absolute Gasteiger partial charge is 0.385 e. The molecule has 3 heterocycles. The number of hydrogen-bond acceptors (Lipinski definition) is 8. The lowest BCUT2D eigenvalue weighted by molar-refractivity contribution is -0.295. The molecule has 28 heavy (non-hydrogen) atoms. The topological polar surface area (TPSA) is 117 Å². The monoisotopic (exact) mass is 396 g/mol. The number of fused-ring (bicyclic) bond motifs is 1. The molecule has 2 aromatic rings. The SMILES string of the molecule is NC1=NN=C(N2N=C(c3ccc(F)cc3)CC2(O)C(F)(F)F)n2ncnc2C1. The Kier molecular flexibility index (Phi) is 3.92. The van der Waals surface area contributed by atoms with Gasteiger partial charge in [0.1, 0.15) is 23.8 Å². The van der Waals surface area contributed by atoms with E-state index < -0.39 is 30.1 Å². The highest BCUT2D eigenvalue weighted by Gasteiger charge is 2.63. The van der Waals surface area contributed by atoms with Crippen molar-refractivity contribution < 1.29 is 22.7 Å². The Bertz CT molecular complexity index is 1010. The molecule has 1 aromatic carbocycles. The molecule has 146 valence electrons. The average Bonchev–Trinajstić information content (AvgIpc) is 3.18. The highest BCUT2D eigenvalue weighted by molar-refractivity contribution is 6.04. The minimum Gasteiger partial charge on any atom is -0.385 e. The molecule has 0 aliphatic carbocycles. The minimum absolute atomic E-state index is 0.000179. The number of benzene rings is 1. The fourth-order valence-electron chi connectivity index (χ4n) is 2.81. The fourth-order valence-corrected chi connectivity index (χ4v) is 2.81. The summed E-state index contributed by atoms with van der Waals surface area (Å²) >= 11 is 0. The second kappa shape index (κ2) is 6.09. The first kappa shape index (κ1) is 18.0. The number of alkyl halides is 3. The maximum Gasteiger partial charge on any atom is 0.438 e. The average molecular weight is 396 g/mol. The number of aliphatic hydroxyl groups is 1. The number of halogens is 4. The van der Waals surface area contributed by atoms with Gasteiger partial charge in [0.05, 0.1) is 18.6 Å². The zero-order valence-corrected chi connectivity index (χ0v) is 14.0. The van der Waals surface area contributed by atoms with E-state index in [1.807, 2.05) is 0 Å². The van der Waals surface area contributed by atoms with Gasteiger partial charge in [-0.3, -0.25) is 0 Å². The summed E-state index contributed by atoms with van der Waals surface area (Å²) in [6, 6.07) is 4.69. The Balaban J connectivity index is 1.85. The van der Waals surface area contributed by atoms with E-state index in [9.17, 15) is 22.7 Å². The molecular formula is C15H12F4N8O. The Hall–Kier alpha value is -3.35. The van der Waals surface area contributed by atoms with Crippen LogP contribution < -0.4 is 5.73 Å². The minimum atomic E-state index is -5.11. The highest BCUT2D eigenvalue weighted by Crippen LogP contribution is 2.41. The largest absolute Gasteiger partial charge is 0.438 e. The van der Waals surface area contributed by atoms with Crippen LogP contribution in [0.4, 0.5) is 17.6 Å². The molecule has 0 saturated heterocycles. The molecule has 0 saturated carbocycles. The van der Waals surface area contributed by atoms with E-state index in [0.29, 0.717) is 0 Å². The molecular weight excluding hydrogens is 384 g/mol. The van der Waals surface area contributed by atoms with Gasteiger partial charge in [-0.05, 0) is 17.7 Å². The summed E-state index contributed by atoms with van der Waals surface area (Å²) < 4.78 is 55.5. The van der Waals surface area contributed by atoms with E-state index in [1.54, 1.807) is 0 Å². The second-order valence-corrected chi connectivity index (χ2v) is 6.11. The summed E-state index contributed by atoms with van der Waals surface area (Å²) in [5.41, 5.74) is 2.31. The number of nitrogens with two attached hydrogens (primary N) is 1. The van der Waals surface area contributed by atoms with Gasteiger partial charge in [0, 0.05) is 0 Å². The molecule has 0 fully saturated rings. The van der Waals surface area contributed by atoms with Gasteiger partial charge in [-0.15, -0.1) is 10.2 Å². The molecule has 1 atom stereocenters. The van der Waals surface area contributed by atoms with E-state index in [4.69, 9.17) is 5.73 Å². The number of rotatable bonds is 1. The van der Waals surface area contributed by atoms with Gasteiger partial charge >= 0.3 is 6.18 Å². The second-order valence-electron chi connectivity index (χ2n) is 6.11. The van der Waals surface area contributed by atoms with Gasteiger partial charge < -0.3 is 10.8 Å². The van der Waals surface area contributed by atoms with Crippen molar-refractivity contribution in [3.05, 3.63) is 47.8 Å². The van der Waals surface area contributed by atoms with Gasteiger partial charge in [0.15, 0.2) is 0 Å². The summed E-state index contributed by atoms with van der Waals surface area (Å²) in [4.78, 5) is 3.92. The van der Waals surface area contributed by atoms with E-state index in [-0.39, 0.29) is 34.4 Å². The summed E-state index contributed by atoms with van der Waals surface area (Å²) in [7, 11) is 0. The Morgan fingerprint density at radius 2 is 1.86 bits per heavy atom. The lowest BCUT2D eigenvalue weighted by Crippen LogP contribution is -2.58. The molecule has 1 unspecified atom stereocenters. The predicted molar refractivity (Wildman–Crippen MR) is 88.6 cm³/mol. The fraction of sp³-hybridized carbons (Fsp3) is 0.267. The quantitative estimate of drug-likeness (QED) is 0.692. The first-order chi connectivity index (χ1) is 13.2. The van der Waals surface area contributed by atoms with Gasteiger partial charge in [-0.25, -0.2) is 9.37 Å². The first-order valence-electron chi connectivity index (χ1n) is 7.91. The maximum atomic E-state index is 13.8. The van der Waals surface area contributed by atoms with E-state index in [0.717, 1.165) is 23.1 Å². The van der Waals surface area contributed by atoms with E-state index in [1.165, 1.54) is 12.1 Å². The van der Waals surface area contributed by atoms with Crippen LogP contribution >= 0.6 is 0 Å². The summed E-state index contributed by atoms with van der Waals surface area (Å²) in [5, 5.41) is 25.9. The molecule has 3 N–H and O–H groups in total. The zero-order valence-electron chi connectivity index (χ0n) is 14.0. The predicted octanol–water partition coefficient (Wildman–Crippen LogP) is 0.810. The summed E-state index contributed by atoms with van der Waals surface area (Å²) in [6.45, 7) is 0. The van der Waals surface area contributed by atoms with Crippen molar-refractivity contribution in [3.63, 3.8) is 0 Å². The lowest BCUT2D eigenvalue weighted by atomic mass is 10.0. The van der Waals surface area contributed by atoms with E-state index >= 15 is 0 Å². The molecule has 0 radical (unpaired) electrons. The molecule has 0 bridgehead atoms. The molecule has 0 spiro atoms. The number of hydrogen-bond donors (Lipinski definition) is 2. The van der Waals surface area contributed by atoms with Crippen molar-refractivity contribution in [2.75, 3.05) is 0 Å². The van der Waals surface area contributed by atoms with Gasteiger partial charge in [-0.1, -0.05) is 12.1 Å². The highest BCUT2D eigenvalue weighted by atomic mass is 19.4. The van der Waals surface area contributed by atoms with Crippen molar-refractivity contribution in [2.45, 2.75) is 24.7 Å². The van der Waals surface area contributed by atoms with Crippen LogP contribution in [-0.4, -0.2) is 54.3 Å². The number of nitrogens with zero attached hydrogens (tertiary/aromatic N) is 7. The Labute approximate surface area is 154 Å². The molecule has 1 aromatic heterocycles.